The predicted octanol–water partition coefficient (Wildman–Crippen LogP) is 4.39. The smallest absolute Gasteiger partial charge is 0.418 e. The summed E-state index contributed by atoms with van der Waals surface area (Å²) in [5.74, 6) is 0. The van der Waals surface area contributed by atoms with Crippen LogP contribution in [0.15, 0.2) is 60.7 Å². The standard InChI is InChI=1S/C17H19N2.BF4/c1-18-13-19(2)17(15-11-7-4-8-12-15)16(18)14-9-5-3-6-10-14;2-1(3,4)5/h3-13,16-17H,1-2H3;/q+1;-1/t16-,17-;/m0./s1. The van der Waals surface area contributed by atoms with Crippen molar-refractivity contribution in [1.29, 1.82) is 0 Å². The highest BCUT2D eigenvalue weighted by Crippen LogP contribution is 2.37. The molecule has 0 unspecified atom stereocenters. The molecule has 2 aromatic carbocycles. The van der Waals surface area contributed by atoms with Crippen LogP contribution in [0, 0.1) is 0 Å². The van der Waals surface area contributed by atoms with Gasteiger partial charge >= 0.3 is 7.25 Å². The third-order valence-electron chi connectivity index (χ3n) is 3.82. The molecule has 0 spiro atoms. The monoisotopic (exact) mass is 338 g/mol. The molecule has 0 fully saturated rings. The molecule has 0 amide bonds. The Labute approximate surface area is 139 Å². The second-order valence-corrected chi connectivity index (χ2v) is 5.65. The van der Waals surface area contributed by atoms with E-state index in [1.807, 2.05) is 0 Å². The van der Waals surface area contributed by atoms with Gasteiger partial charge < -0.3 is 17.3 Å². The first-order chi connectivity index (χ1) is 11.3. The number of likely N-dealkylation sites (N-methyl/N-ethyl adjacent to an activating group) is 2. The van der Waals surface area contributed by atoms with Gasteiger partial charge in [-0.25, -0.2) is 0 Å². The summed E-state index contributed by atoms with van der Waals surface area (Å²) < 4.78 is 41.3. The van der Waals surface area contributed by atoms with Gasteiger partial charge in [-0.05, 0) is 0 Å². The van der Waals surface area contributed by atoms with E-state index >= 15 is 0 Å². The van der Waals surface area contributed by atoms with Crippen LogP contribution in [-0.4, -0.2) is 37.2 Å². The number of benzene rings is 2. The van der Waals surface area contributed by atoms with E-state index in [1.165, 1.54) is 11.1 Å². The van der Waals surface area contributed by atoms with Crippen molar-refractivity contribution in [3.8, 4) is 0 Å². The fourth-order valence-electron chi connectivity index (χ4n) is 3.01. The lowest BCUT2D eigenvalue weighted by molar-refractivity contribution is -0.534. The highest BCUT2D eigenvalue weighted by molar-refractivity contribution is 6.50. The second-order valence-electron chi connectivity index (χ2n) is 5.65. The van der Waals surface area contributed by atoms with Crippen molar-refractivity contribution in [3.05, 3.63) is 71.8 Å². The van der Waals surface area contributed by atoms with Gasteiger partial charge in [0.25, 0.3) is 0 Å². The highest BCUT2D eigenvalue weighted by Gasteiger charge is 2.40. The van der Waals surface area contributed by atoms with Crippen LogP contribution in [-0.2, 0) is 0 Å². The van der Waals surface area contributed by atoms with E-state index in [2.05, 4.69) is 90.6 Å². The van der Waals surface area contributed by atoms with E-state index in [0.717, 1.165) is 0 Å². The van der Waals surface area contributed by atoms with Gasteiger partial charge in [0.2, 0.25) is 6.34 Å². The van der Waals surface area contributed by atoms with E-state index in [9.17, 15) is 17.3 Å². The molecule has 1 aliphatic rings. The molecule has 1 aliphatic heterocycles. The maximum absolute atomic E-state index is 9.75. The lowest BCUT2D eigenvalue weighted by Gasteiger charge is -2.21. The summed E-state index contributed by atoms with van der Waals surface area (Å²) in [6, 6.07) is 22.2. The van der Waals surface area contributed by atoms with E-state index in [1.54, 1.807) is 0 Å². The van der Waals surface area contributed by atoms with Gasteiger partial charge in [0.15, 0.2) is 12.1 Å². The van der Waals surface area contributed by atoms with Crippen LogP contribution in [0.1, 0.15) is 23.2 Å². The van der Waals surface area contributed by atoms with Crippen molar-refractivity contribution in [2.45, 2.75) is 12.1 Å². The average molecular weight is 338 g/mol. The van der Waals surface area contributed by atoms with Crippen LogP contribution in [0.4, 0.5) is 17.3 Å². The Hall–Kier alpha value is -2.31. The number of hydrogen-bond donors (Lipinski definition) is 0. The summed E-state index contributed by atoms with van der Waals surface area (Å²) >= 11 is 0. The Kier molecular flexibility index (Phi) is 5.64. The van der Waals surface area contributed by atoms with E-state index in [0.29, 0.717) is 12.1 Å². The van der Waals surface area contributed by atoms with Gasteiger partial charge in [-0.1, -0.05) is 60.7 Å². The van der Waals surface area contributed by atoms with Crippen LogP contribution in [0.5, 0.6) is 0 Å². The molecule has 0 N–H and O–H groups in total. The lowest BCUT2D eigenvalue weighted by Crippen LogP contribution is -2.22. The molecule has 2 nitrogen and oxygen atoms in total. The summed E-state index contributed by atoms with van der Waals surface area (Å²) in [4.78, 5) is 2.30. The Balaban J connectivity index is 0.000000368. The molecule has 0 saturated carbocycles. The molecule has 1 heterocycles. The number of hydrogen-bond acceptors (Lipinski definition) is 1. The first-order valence-corrected chi connectivity index (χ1v) is 7.53. The molecule has 7 heteroatoms. The minimum atomic E-state index is -6.00. The molecule has 128 valence electrons. The predicted molar refractivity (Wildman–Crippen MR) is 88.6 cm³/mol. The Morgan fingerprint density at radius 3 is 1.71 bits per heavy atom. The van der Waals surface area contributed by atoms with E-state index in [4.69, 9.17) is 0 Å². The zero-order chi connectivity index (χ0) is 17.7. The molecule has 2 aromatic rings. The Morgan fingerprint density at radius 1 is 0.833 bits per heavy atom. The minimum absolute atomic E-state index is 0.369. The summed E-state index contributed by atoms with van der Waals surface area (Å²) in [6.07, 6.45) is 2.19. The zero-order valence-electron chi connectivity index (χ0n) is 13.5. The molecule has 0 aromatic heterocycles. The highest BCUT2D eigenvalue weighted by atomic mass is 19.5. The fraction of sp³-hybridized carbons (Fsp3) is 0.235. The molecule has 0 aliphatic carbocycles. The summed E-state index contributed by atoms with van der Waals surface area (Å²) in [6.45, 7) is 0. The molecule has 3 rings (SSSR count). The third-order valence-corrected chi connectivity index (χ3v) is 3.82. The van der Waals surface area contributed by atoms with Crippen molar-refractivity contribution >= 4 is 13.6 Å². The molecule has 0 bridgehead atoms. The largest absolute Gasteiger partial charge is 0.673 e. The van der Waals surface area contributed by atoms with Crippen LogP contribution in [0.25, 0.3) is 0 Å². The van der Waals surface area contributed by atoms with E-state index in [-0.39, 0.29) is 0 Å². The summed E-state index contributed by atoms with van der Waals surface area (Å²) in [7, 11) is -1.70. The van der Waals surface area contributed by atoms with Crippen LogP contribution in [0.3, 0.4) is 0 Å². The SMILES string of the molecule is CN1C=[N+](C)[C@@H](c2ccccc2)[C@@H]1c1ccccc1.F[B-](F)(F)F. The van der Waals surface area contributed by atoms with Crippen molar-refractivity contribution in [2.75, 3.05) is 14.1 Å². The number of rotatable bonds is 2. The van der Waals surface area contributed by atoms with Gasteiger partial charge in [-0.15, -0.1) is 0 Å². The normalized spacial score (nSPS) is 20.2. The quantitative estimate of drug-likeness (QED) is 0.447. The van der Waals surface area contributed by atoms with Gasteiger partial charge in [0, 0.05) is 11.1 Å². The van der Waals surface area contributed by atoms with Crippen molar-refractivity contribution in [2.24, 2.45) is 0 Å². The van der Waals surface area contributed by atoms with Crippen molar-refractivity contribution < 1.29 is 21.8 Å². The van der Waals surface area contributed by atoms with Crippen molar-refractivity contribution in [3.63, 3.8) is 0 Å². The lowest BCUT2D eigenvalue weighted by atomic mass is 9.93. The third kappa shape index (κ3) is 4.84. The van der Waals surface area contributed by atoms with Crippen LogP contribution >= 0.6 is 0 Å². The first kappa shape index (κ1) is 18.0. The molecular formula is C17H19BF4N2. The number of halogens is 4. The van der Waals surface area contributed by atoms with E-state index < -0.39 is 7.25 Å². The van der Waals surface area contributed by atoms with Crippen molar-refractivity contribution in [1.82, 2.24) is 4.90 Å². The van der Waals surface area contributed by atoms with Gasteiger partial charge in [0.05, 0.1) is 14.1 Å². The first-order valence-electron chi connectivity index (χ1n) is 7.53. The van der Waals surface area contributed by atoms with Gasteiger partial charge in [-0.3, -0.25) is 9.48 Å². The van der Waals surface area contributed by atoms with Crippen LogP contribution < -0.4 is 0 Å². The molecular weight excluding hydrogens is 319 g/mol. The van der Waals surface area contributed by atoms with Gasteiger partial charge in [0.1, 0.15) is 0 Å². The second kappa shape index (κ2) is 7.51. The van der Waals surface area contributed by atoms with Crippen LogP contribution in [0.2, 0.25) is 0 Å². The topological polar surface area (TPSA) is 6.25 Å². The maximum Gasteiger partial charge on any atom is 0.673 e. The zero-order valence-corrected chi connectivity index (χ0v) is 13.5. The molecule has 24 heavy (non-hydrogen) atoms. The summed E-state index contributed by atoms with van der Waals surface area (Å²) in [5, 5.41) is 0. The molecule has 0 radical (unpaired) electrons. The average Bonchev–Trinajstić information content (AvgIpc) is 2.82. The maximum atomic E-state index is 9.75. The fourth-order valence-corrected chi connectivity index (χ4v) is 3.01. The Bertz CT molecular complexity index is 668. The van der Waals surface area contributed by atoms with Gasteiger partial charge in [-0.2, -0.15) is 0 Å². The Morgan fingerprint density at radius 2 is 1.25 bits per heavy atom. The molecule has 2 atom stereocenters. The minimum Gasteiger partial charge on any atom is -0.418 e. The summed E-state index contributed by atoms with van der Waals surface area (Å²) in [5.41, 5.74) is 2.72. The molecule has 0 saturated heterocycles. The number of nitrogens with zero attached hydrogens (tertiary/aromatic N) is 2.